The van der Waals surface area contributed by atoms with Crippen molar-refractivity contribution < 1.29 is 9.53 Å². The van der Waals surface area contributed by atoms with Gasteiger partial charge in [0, 0.05) is 36.9 Å². The Morgan fingerprint density at radius 3 is 3.04 bits per heavy atom. The van der Waals surface area contributed by atoms with Crippen LogP contribution in [-0.4, -0.2) is 51.6 Å². The first-order valence-corrected chi connectivity index (χ1v) is 7.81. The lowest BCUT2D eigenvalue weighted by Gasteiger charge is -2.33. The second kappa shape index (κ2) is 7.28. The number of amides is 1. The van der Waals surface area contributed by atoms with Gasteiger partial charge in [0.1, 0.15) is 6.33 Å². The summed E-state index contributed by atoms with van der Waals surface area (Å²) in [5.41, 5.74) is 2.43. The molecule has 1 saturated heterocycles. The van der Waals surface area contributed by atoms with E-state index in [1.807, 2.05) is 24.0 Å². The molecule has 0 radical (unpaired) electrons. The number of morpholine rings is 1. The van der Waals surface area contributed by atoms with Crippen molar-refractivity contribution in [2.75, 3.05) is 19.7 Å². The first-order valence-electron chi connectivity index (χ1n) is 7.81. The van der Waals surface area contributed by atoms with Gasteiger partial charge in [-0.15, -0.1) is 0 Å². The van der Waals surface area contributed by atoms with E-state index in [9.17, 15) is 4.79 Å². The first kappa shape index (κ1) is 15.6. The lowest BCUT2D eigenvalue weighted by molar-refractivity contribution is -0.0247. The summed E-state index contributed by atoms with van der Waals surface area (Å²) in [6, 6.07) is 5.54. The number of carbonyl (C=O) groups is 1. The lowest BCUT2D eigenvalue weighted by atomic mass is 10.1. The van der Waals surface area contributed by atoms with E-state index in [1.165, 1.54) is 0 Å². The van der Waals surface area contributed by atoms with Crippen molar-refractivity contribution in [3.8, 4) is 0 Å². The van der Waals surface area contributed by atoms with E-state index in [2.05, 4.69) is 15.0 Å². The molecule has 2 aromatic heterocycles. The molecule has 0 spiro atoms. The van der Waals surface area contributed by atoms with Crippen LogP contribution >= 0.6 is 0 Å². The minimum absolute atomic E-state index is 0.0333. The van der Waals surface area contributed by atoms with Crippen LogP contribution in [0.25, 0.3) is 0 Å². The van der Waals surface area contributed by atoms with Crippen molar-refractivity contribution in [3.63, 3.8) is 0 Å². The molecule has 1 aliphatic heterocycles. The maximum absolute atomic E-state index is 12.7. The Morgan fingerprint density at radius 1 is 1.35 bits per heavy atom. The van der Waals surface area contributed by atoms with Gasteiger partial charge in [-0.1, -0.05) is 0 Å². The van der Waals surface area contributed by atoms with Gasteiger partial charge in [-0.2, -0.15) is 0 Å². The highest BCUT2D eigenvalue weighted by atomic mass is 16.5. The van der Waals surface area contributed by atoms with Gasteiger partial charge in [0.25, 0.3) is 5.91 Å². The third-order valence-corrected chi connectivity index (χ3v) is 4.03. The Hall–Kier alpha value is -2.34. The fourth-order valence-electron chi connectivity index (χ4n) is 2.73. The summed E-state index contributed by atoms with van der Waals surface area (Å²) in [7, 11) is 0. The van der Waals surface area contributed by atoms with E-state index in [4.69, 9.17) is 4.74 Å². The summed E-state index contributed by atoms with van der Waals surface area (Å²) >= 11 is 0. The van der Waals surface area contributed by atoms with Crippen molar-refractivity contribution in [2.45, 2.75) is 25.9 Å². The van der Waals surface area contributed by atoms with Gasteiger partial charge >= 0.3 is 0 Å². The molecule has 1 amide bonds. The molecular weight excluding hydrogens is 292 g/mol. The molecule has 1 atom stereocenters. The Labute approximate surface area is 135 Å². The molecule has 3 rings (SSSR count). The van der Waals surface area contributed by atoms with Crippen LogP contribution in [0.1, 0.15) is 28.2 Å². The van der Waals surface area contributed by atoms with Crippen LogP contribution in [0.3, 0.4) is 0 Å². The third-order valence-electron chi connectivity index (χ3n) is 4.03. The molecule has 6 nitrogen and oxygen atoms in total. The maximum atomic E-state index is 12.7. The standard InChI is InChI=1S/C17H20N4O2/c1-13-16(3-2-7-19-13)17(22)21-9-10-23-15(11-21)5-4-14-6-8-18-12-20-14/h2-3,6-8,12,15H,4-5,9-11H2,1H3/t15-/m1/s1. The molecular formula is C17H20N4O2. The SMILES string of the molecule is Cc1ncccc1C(=O)N1CCO[C@H](CCc2ccncn2)C1. The zero-order chi connectivity index (χ0) is 16.1. The second-order valence-corrected chi connectivity index (χ2v) is 5.62. The van der Waals surface area contributed by atoms with Crippen LogP contribution in [0.15, 0.2) is 36.9 Å². The van der Waals surface area contributed by atoms with Crippen LogP contribution in [0, 0.1) is 6.92 Å². The number of aromatic nitrogens is 3. The fraction of sp³-hybridized carbons (Fsp3) is 0.412. The summed E-state index contributed by atoms with van der Waals surface area (Å²) in [5.74, 6) is 0.0333. The van der Waals surface area contributed by atoms with Crippen molar-refractivity contribution in [1.82, 2.24) is 19.9 Å². The Kier molecular flexibility index (Phi) is 4.92. The molecule has 3 heterocycles. The van der Waals surface area contributed by atoms with Gasteiger partial charge in [0.2, 0.25) is 0 Å². The van der Waals surface area contributed by atoms with Gasteiger partial charge in [-0.25, -0.2) is 9.97 Å². The molecule has 0 saturated carbocycles. The molecule has 0 aromatic carbocycles. The van der Waals surface area contributed by atoms with E-state index in [-0.39, 0.29) is 12.0 Å². The normalized spacial score (nSPS) is 18.0. The lowest BCUT2D eigenvalue weighted by Crippen LogP contribution is -2.46. The highest BCUT2D eigenvalue weighted by Crippen LogP contribution is 2.15. The van der Waals surface area contributed by atoms with Crippen LogP contribution in [0.4, 0.5) is 0 Å². The zero-order valence-corrected chi connectivity index (χ0v) is 13.2. The number of aryl methyl sites for hydroxylation is 2. The molecule has 0 N–H and O–H groups in total. The molecule has 6 heteroatoms. The van der Waals surface area contributed by atoms with Gasteiger partial charge < -0.3 is 9.64 Å². The summed E-state index contributed by atoms with van der Waals surface area (Å²) < 4.78 is 5.79. The van der Waals surface area contributed by atoms with E-state index < -0.39 is 0 Å². The number of hydrogen-bond acceptors (Lipinski definition) is 5. The molecule has 120 valence electrons. The molecule has 0 bridgehead atoms. The quantitative estimate of drug-likeness (QED) is 0.859. The molecule has 0 aliphatic carbocycles. The van der Waals surface area contributed by atoms with Crippen LogP contribution < -0.4 is 0 Å². The van der Waals surface area contributed by atoms with E-state index in [0.29, 0.717) is 25.3 Å². The minimum Gasteiger partial charge on any atom is -0.375 e. The van der Waals surface area contributed by atoms with Crippen LogP contribution in [0.2, 0.25) is 0 Å². The number of carbonyl (C=O) groups excluding carboxylic acids is 1. The highest BCUT2D eigenvalue weighted by Gasteiger charge is 2.25. The monoisotopic (exact) mass is 312 g/mol. The molecule has 2 aromatic rings. The average Bonchev–Trinajstić information content (AvgIpc) is 2.61. The summed E-state index contributed by atoms with van der Waals surface area (Å²) in [6.07, 6.45) is 6.70. The highest BCUT2D eigenvalue weighted by molar-refractivity contribution is 5.95. The smallest absolute Gasteiger partial charge is 0.255 e. The van der Waals surface area contributed by atoms with Crippen molar-refractivity contribution >= 4 is 5.91 Å². The number of hydrogen-bond donors (Lipinski definition) is 0. The van der Waals surface area contributed by atoms with Crippen LogP contribution in [0.5, 0.6) is 0 Å². The summed E-state index contributed by atoms with van der Waals surface area (Å²) in [6.45, 7) is 3.66. The molecule has 0 unspecified atom stereocenters. The van der Waals surface area contributed by atoms with E-state index in [1.54, 1.807) is 24.8 Å². The predicted octanol–water partition coefficient (Wildman–Crippen LogP) is 1.65. The number of nitrogens with zero attached hydrogens (tertiary/aromatic N) is 4. The van der Waals surface area contributed by atoms with Gasteiger partial charge in [-0.05, 0) is 38.0 Å². The van der Waals surface area contributed by atoms with E-state index in [0.717, 1.165) is 24.2 Å². The van der Waals surface area contributed by atoms with Gasteiger partial charge in [0.15, 0.2) is 0 Å². The Morgan fingerprint density at radius 2 is 2.26 bits per heavy atom. The maximum Gasteiger partial charge on any atom is 0.255 e. The van der Waals surface area contributed by atoms with Crippen molar-refractivity contribution in [2.24, 2.45) is 0 Å². The average molecular weight is 312 g/mol. The largest absolute Gasteiger partial charge is 0.375 e. The fourth-order valence-corrected chi connectivity index (χ4v) is 2.73. The Bertz CT molecular complexity index is 663. The van der Waals surface area contributed by atoms with Crippen LogP contribution in [-0.2, 0) is 11.2 Å². The summed E-state index contributed by atoms with van der Waals surface area (Å²) in [4.78, 5) is 26.8. The first-order chi connectivity index (χ1) is 11.2. The number of rotatable bonds is 4. The molecule has 23 heavy (non-hydrogen) atoms. The van der Waals surface area contributed by atoms with E-state index >= 15 is 0 Å². The Balaban J connectivity index is 1.60. The molecule has 1 fully saturated rings. The van der Waals surface area contributed by atoms with Crippen molar-refractivity contribution in [1.29, 1.82) is 0 Å². The topological polar surface area (TPSA) is 68.2 Å². The zero-order valence-electron chi connectivity index (χ0n) is 13.2. The minimum atomic E-state index is 0.0333. The van der Waals surface area contributed by atoms with Gasteiger partial charge in [-0.3, -0.25) is 9.78 Å². The second-order valence-electron chi connectivity index (χ2n) is 5.62. The predicted molar refractivity (Wildman–Crippen MR) is 85.0 cm³/mol. The summed E-state index contributed by atoms with van der Waals surface area (Å²) in [5, 5.41) is 0. The van der Waals surface area contributed by atoms with Gasteiger partial charge in [0.05, 0.1) is 18.3 Å². The third kappa shape index (κ3) is 3.90. The molecule has 1 aliphatic rings. The van der Waals surface area contributed by atoms with Crippen molar-refractivity contribution in [3.05, 3.63) is 53.9 Å². The number of pyridine rings is 1. The number of ether oxygens (including phenoxy) is 1.